The zero-order chi connectivity index (χ0) is 13.8. The number of carboxylic acid groups (broad SMARTS) is 1. The number of carbonyl (C=O) groups excluding carboxylic acids is 1. The minimum absolute atomic E-state index is 0.0350. The van der Waals surface area contributed by atoms with E-state index < -0.39 is 5.97 Å². The van der Waals surface area contributed by atoms with Gasteiger partial charge in [0, 0.05) is 11.5 Å². The predicted molar refractivity (Wildman–Crippen MR) is 72.3 cm³/mol. The number of benzene rings is 1. The highest BCUT2D eigenvalue weighted by atomic mass is 16.4. The zero-order valence-electron chi connectivity index (χ0n) is 11.1. The maximum absolute atomic E-state index is 12.3. The lowest BCUT2D eigenvalue weighted by molar-refractivity contribution is -0.138. The van der Waals surface area contributed by atoms with E-state index in [-0.39, 0.29) is 18.2 Å². The summed E-state index contributed by atoms with van der Waals surface area (Å²) in [6.07, 6.45) is 1.50. The van der Waals surface area contributed by atoms with Crippen LogP contribution in [0, 0.1) is 12.8 Å². The van der Waals surface area contributed by atoms with Crippen LogP contribution in [0.25, 0.3) is 0 Å². The smallest absolute Gasteiger partial charge is 0.317 e. The van der Waals surface area contributed by atoms with Crippen molar-refractivity contribution in [2.24, 2.45) is 5.92 Å². The Balaban J connectivity index is 1.92. The topological polar surface area (TPSA) is 57.6 Å². The van der Waals surface area contributed by atoms with E-state index >= 15 is 0 Å². The van der Waals surface area contributed by atoms with Gasteiger partial charge in [0.25, 0.3) is 0 Å². The normalized spacial score (nSPS) is 17.3. The molecule has 1 aliphatic rings. The maximum Gasteiger partial charge on any atom is 0.317 e. The molecule has 4 nitrogen and oxygen atoms in total. The lowest BCUT2D eigenvalue weighted by Crippen LogP contribution is -2.39. The molecule has 0 aliphatic carbocycles. The van der Waals surface area contributed by atoms with Gasteiger partial charge in [0.2, 0.25) is 0 Å². The molecule has 0 radical (unpaired) electrons. The fourth-order valence-electron chi connectivity index (χ4n) is 2.50. The minimum Gasteiger partial charge on any atom is -0.480 e. The number of aliphatic carboxylic acids is 1. The number of hydrogen-bond donors (Lipinski definition) is 1. The molecular weight excluding hydrogens is 242 g/mol. The van der Waals surface area contributed by atoms with E-state index in [1.54, 1.807) is 0 Å². The van der Waals surface area contributed by atoms with Gasteiger partial charge in [-0.1, -0.05) is 29.8 Å². The zero-order valence-corrected chi connectivity index (χ0v) is 11.1. The molecule has 1 aromatic carbocycles. The summed E-state index contributed by atoms with van der Waals surface area (Å²) in [5.74, 6) is -0.578. The number of nitrogens with zero attached hydrogens (tertiary/aromatic N) is 1. The van der Waals surface area contributed by atoms with Crippen LogP contribution in [0.1, 0.15) is 28.8 Å². The summed E-state index contributed by atoms with van der Waals surface area (Å²) in [6.45, 7) is 3.45. The number of carboxylic acids is 1. The van der Waals surface area contributed by atoms with Crippen molar-refractivity contribution in [3.05, 3.63) is 35.4 Å². The summed E-state index contributed by atoms with van der Waals surface area (Å²) in [5.41, 5.74) is 1.91. The molecule has 4 heteroatoms. The van der Waals surface area contributed by atoms with Crippen LogP contribution >= 0.6 is 0 Å². The van der Waals surface area contributed by atoms with Crippen molar-refractivity contribution in [1.29, 1.82) is 0 Å². The number of piperidine rings is 1. The van der Waals surface area contributed by atoms with Gasteiger partial charge in [-0.15, -0.1) is 0 Å². The van der Waals surface area contributed by atoms with Crippen molar-refractivity contribution in [2.75, 3.05) is 19.6 Å². The van der Waals surface area contributed by atoms with E-state index in [0.717, 1.165) is 24.0 Å². The van der Waals surface area contributed by atoms with Gasteiger partial charge in [0.1, 0.15) is 0 Å². The monoisotopic (exact) mass is 261 g/mol. The van der Waals surface area contributed by atoms with Gasteiger partial charge in [-0.25, -0.2) is 0 Å². The summed E-state index contributed by atoms with van der Waals surface area (Å²) in [7, 11) is 0. The highest BCUT2D eigenvalue weighted by molar-refractivity contribution is 5.97. The van der Waals surface area contributed by atoms with Crippen LogP contribution in [0.2, 0.25) is 0 Å². The summed E-state index contributed by atoms with van der Waals surface area (Å²) in [6, 6.07) is 7.65. The fraction of sp³-hybridized carbons (Fsp3) is 0.467. The van der Waals surface area contributed by atoms with Gasteiger partial charge < -0.3 is 5.11 Å². The Bertz CT molecular complexity index is 459. The Morgan fingerprint density at radius 2 is 1.79 bits per heavy atom. The van der Waals surface area contributed by atoms with Crippen molar-refractivity contribution in [2.45, 2.75) is 19.8 Å². The minimum atomic E-state index is -0.802. The largest absolute Gasteiger partial charge is 0.480 e. The first-order chi connectivity index (χ1) is 9.06. The standard InChI is InChI=1S/C15H19NO3/c1-11-2-4-12(5-3-11)15(19)13-6-8-16(9-7-13)10-14(17)18/h2-5,13H,6-10H2,1H3,(H,17,18). The molecule has 0 spiro atoms. The Hall–Kier alpha value is -1.68. The second kappa shape index (κ2) is 5.97. The molecule has 1 N–H and O–H groups in total. The van der Waals surface area contributed by atoms with Gasteiger partial charge in [0.05, 0.1) is 6.54 Å². The molecule has 19 heavy (non-hydrogen) atoms. The van der Waals surface area contributed by atoms with E-state index in [2.05, 4.69) is 0 Å². The first-order valence-electron chi connectivity index (χ1n) is 6.61. The van der Waals surface area contributed by atoms with Crippen molar-refractivity contribution >= 4 is 11.8 Å². The Morgan fingerprint density at radius 1 is 1.21 bits per heavy atom. The summed E-state index contributed by atoms with van der Waals surface area (Å²) in [5, 5.41) is 8.74. The number of hydrogen-bond acceptors (Lipinski definition) is 3. The van der Waals surface area contributed by atoms with Crippen LogP contribution in [-0.2, 0) is 4.79 Å². The fourth-order valence-corrected chi connectivity index (χ4v) is 2.50. The Morgan fingerprint density at radius 3 is 2.32 bits per heavy atom. The lowest BCUT2D eigenvalue weighted by Gasteiger charge is -2.29. The van der Waals surface area contributed by atoms with Crippen LogP contribution in [0.15, 0.2) is 24.3 Å². The van der Waals surface area contributed by atoms with Crippen LogP contribution in [-0.4, -0.2) is 41.4 Å². The van der Waals surface area contributed by atoms with Gasteiger partial charge in [0.15, 0.2) is 5.78 Å². The SMILES string of the molecule is Cc1ccc(C(=O)C2CCN(CC(=O)O)CC2)cc1. The molecule has 1 aromatic rings. The molecular formula is C15H19NO3. The van der Waals surface area contributed by atoms with Crippen molar-refractivity contribution in [3.63, 3.8) is 0 Å². The molecule has 0 unspecified atom stereocenters. The number of Topliss-reactive ketones (excluding diaryl/α,β-unsaturated/α-hetero) is 1. The molecule has 0 amide bonds. The lowest BCUT2D eigenvalue weighted by atomic mass is 9.88. The third-order valence-corrected chi connectivity index (χ3v) is 3.65. The number of carbonyl (C=O) groups is 2. The van der Waals surface area contributed by atoms with E-state index in [1.165, 1.54) is 0 Å². The second-order valence-corrected chi connectivity index (χ2v) is 5.17. The average molecular weight is 261 g/mol. The molecule has 0 atom stereocenters. The highest BCUT2D eigenvalue weighted by Gasteiger charge is 2.26. The van der Waals surface area contributed by atoms with Gasteiger partial charge in [-0.05, 0) is 32.9 Å². The number of rotatable bonds is 4. The van der Waals surface area contributed by atoms with E-state index in [0.29, 0.717) is 13.1 Å². The Kier molecular flexibility index (Phi) is 4.32. The number of ketones is 1. The summed E-state index contributed by atoms with van der Waals surface area (Å²) >= 11 is 0. The van der Waals surface area contributed by atoms with Gasteiger partial charge in [-0.2, -0.15) is 0 Å². The molecule has 1 heterocycles. The molecule has 1 fully saturated rings. The maximum atomic E-state index is 12.3. The summed E-state index contributed by atoms with van der Waals surface area (Å²) in [4.78, 5) is 24.8. The first-order valence-corrected chi connectivity index (χ1v) is 6.61. The quantitative estimate of drug-likeness (QED) is 0.842. The van der Waals surface area contributed by atoms with Crippen molar-refractivity contribution < 1.29 is 14.7 Å². The highest BCUT2D eigenvalue weighted by Crippen LogP contribution is 2.21. The molecule has 0 bridgehead atoms. The third kappa shape index (κ3) is 3.64. The summed E-state index contributed by atoms with van der Waals surface area (Å²) < 4.78 is 0. The van der Waals surface area contributed by atoms with Crippen LogP contribution in [0.3, 0.4) is 0 Å². The second-order valence-electron chi connectivity index (χ2n) is 5.17. The molecule has 0 saturated carbocycles. The van der Waals surface area contributed by atoms with Crippen molar-refractivity contribution in [3.8, 4) is 0 Å². The molecule has 0 aromatic heterocycles. The number of aryl methyl sites for hydroxylation is 1. The van der Waals surface area contributed by atoms with E-state index in [9.17, 15) is 9.59 Å². The molecule has 1 saturated heterocycles. The molecule has 1 aliphatic heterocycles. The van der Waals surface area contributed by atoms with Crippen LogP contribution < -0.4 is 0 Å². The van der Waals surface area contributed by atoms with Gasteiger partial charge in [-0.3, -0.25) is 14.5 Å². The van der Waals surface area contributed by atoms with Gasteiger partial charge >= 0.3 is 5.97 Å². The third-order valence-electron chi connectivity index (χ3n) is 3.65. The van der Waals surface area contributed by atoms with Crippen LogP contribution in [0.5, 0.6) is 0 Å². The van der Waals surface area contributed by atoms with Crippen LogP contribution in [0.4, 0.5) is 0 Å². The predicted octanol–water partition coefficient (Wildman–Crippen LogP) is 1.97. The first kappa shape index (κ1) is 13.7. The van der Waals surface area contributed by atoms with E-state index in [1.807, 2.05) is 36.1 Å². The molecule has 102 valence electrons. The molecule has 2 rings (SSSR count). The van der Waals surface area contributed by atoms with E-state index in [4.69, 9.17) is 5.11 Å². The van der Waals surface area contributed by atoms with Crippen molar-refractivity contribution in [1.82, 2.24) is 4.90 Å². The number of likely N-dealkylation sites (tertiary alicyclic amines) is 1. The average Bonchev–Trinajstić information content (AvgIpc) is 2.39. The Labute approximate surface area is 113 Å².